The van der Waals surface area contributed by atoms with Gasteiger partial charge in [0.1, 0.15) is 23.6 Å². The third-order valence-corrected chi connectivity index (χ3v) is 2.77. The van der Waals surface area contributed by atoms with E-state index in [1.54, 1.807) is 35.0 Å². The van der Waals surface area contributed by atoms with Crippen LogP contribution in [0.1, 0.15) is 24.4 Å². The fourth-order valence-electron chi connectivity index (χ4n) is 1.83. The zero-order valence-electron chi connectivity index (χ0n) is 9.96. The number of furan rings is 1. The predicted octanol–water partition coefficient (Wildman–Crippen LogP) is 2.69. The molecule has 2 aromatic heterocycles. The van der Waals surface area contributed by atoms with Crippen molar-refractivity contribution in [2.24, 2.45) is 0 Å². The Balaban J connectivity index is 2.54. The topological polar surface area (TPSA) is 58.9 Å². The number of hydrogen-bond donors (Lipinski definition) is 0. The SMILES string of the molecule is C=C(C(C)=O)[C@@H](c1ccco1)n1cccc1C#N. The zero-order valence-corrected chi connectivity index (χ0v) is 9.96. The largest absolute Gasteiger partial charge is 0.467 e. The summed E-state index contributed by atoms with van der Waals surface area (Å²) in [5.74, 6) is 0.455. The fraction of sp³-hybridized carbons (Fsp3) is 0.143. The molecule has 4 nitrogen and oxygen atoms in total. The molecule has 0 aromatic carbocycles. The molecule has 0 amide bonds. The second kappa shape index (κ2) is 4.76. The van der Waals surface area contributed by atoms with E-state index in [2.05, 4.69) is 12.6 Å². The summed E-state index contributed by atoms with van der Waals surface area (Å²) in [6.07, 6.45) is 3.27. The monoisotopic (exact) mass is 240 g/mol. The first kappa shape index (κ1) is 11.9. The van der Waals surface area contributed by atoms with Crippen LogP contribution in [0.25, 0.3) is 0 Å². The van der Waals surface area contributed by atoms with Gasteiger partial charge in [-0.2, -0.15) is 5.26 Å². The van der Waals surface area contributed by atoms with E-state index in [1.807, 2.05) is 0 Å². The summed E-state index contributed by atoms with van der Waals surface area (Å²) in [6.45, 7) is 5.25. The Hall–Kier alpha value is -2.54. The first-order valence-corrected chi connectivity index (χ1v) is 5.45. The van der Waals surface area contributed by atoms with Gasteiger partial charge in [0.15, 0.2) is 5.78 Å². The second-order valence-electron chi connectivity index (χ2n) is 3.91. The highest BCUT2D eigenvalue weighted by molar-refractivity contribution is 5.94. The molecular weight excluding hydrogens is 228 g/mol. The highest BCUT2D eigenvalue weighted by Crippen LogP contribution is 2.28. The van der Waals surface area contributed by atoms with E-state index >= 15 is 0 Å². The van der Waals surface area contributed by atoms with Crippen molar-refractivity contribution in [1.29, 1.82) is 5.26 Å². The Morgan fingerprint density at radius 1 is 1.50 bits per heavy atom. The Morgan fingerprint density at radius 3 is 2.83 bits per heavy atom. The number of allylic oxidation sites excluding steroid dienone is 1. The van der Waals surface area contributed by atoms with Crippen molar-refractivity contribution in [2.75, 3.05) is 0 Å². The lowest BCUT2D eigenvalue weighted by Crippen LogP contribution is -2.16. The van der Waals surface area contributed by atoms with Gasteiger partial charge in [0.25, 0.3) is 0 Å². The molecule has 0 unspecified atom stereocenters. The number of ketones is 1. The quantitative estimate of drug-likeness (QED) is 0.772. The van der Waals surface area contributed by atoms with Crippen molar-refractivity contribution in [2.45, 2.75) is 13.0 Å². The molecule has 0 bridgehead atoms. The van der Waals surface area contributed by atoms with Gasteiger partial charge >= 0.3 is 0 Å². The summed E-state index contributed by atoms with van der Waals surface area (Å²) in [5, 5.41) is 9.06. The first-order chi connectivity index (χ1) is 8.65. The molecule has 0 N–H and O–H groups in total. The number of carbonyl (C=O) groups excluding carboxylic acids is 1. The van der Waals surface area contributed by atoms with Crippen LogP contribution in [0, 0.1) is 11.3 Å². The van der Waals surface area contributed by atoms with Gasteiger partial charge in [-0.25, -0.2) is 0 Å². The summed E-state index contributed by atoms with van der Waals surface area (Å²) < 4.78 is 7.03. The van der Waals surface area contributed by atoms with E-state index in [0.29, 0.717) is 17.0 Å². The maximum atomic E-state index is 11.5. The van der Waals surface area contributed by atoms with E-state index in [1.165, 1.54) is 13.2 Å². The molecule has 0 saturated heterocycles. The molecule has 2 rings (SSSR count). The molecule has 90 valence electrons. The molecule has 0 fully saturated rings. The molecule has 0 aliphatic carbocycles. The van der Waals surface area contributed by atoms with Gasteiger partial charge in [-0.3, -0.25) is 4.79 Å². The van der Waals surface area contributed by atoms with E-state index in [9.17, 15) is 4.79 Å². The molecule has 0 aliphatic heterocycles. The summed E-state index contributed by atoms with van der Waals surface area (Å²) >= 11 is 0. The molecule has 18 heavy (non-hydrogen) atoms. The molecule has 0 aliphatic rings. The van der Waals surface area contributed by atoms with Gasteiger partial charge in [0.2, 0.25) is 0 Å². The minimum atomic E-state index is -0.470. The van der Waals surface area contributed by atoms with Crippen LogP contribution in [0.2, 0.25) is 0 Å². The van der Waals surface area contributed by atoms with Crippen molar-refractivity contribution < 1.29 is 9.21 Å². The number of carbonyl (C=O) groups is 1. The molecule has 1 atom stereocenters. The number of nitrogens with zero attached hydrogens (tertiary/aromatic N) is 2. The second-order valence-corrected chi connectivity index (χ2v) is 3.91. The molecule has 2 heterocycles. The van der Waals surface area contributed by atoms with Gasteiger partial charge in [-0.05, 0) is 31.2 Å². The third-order valence-electron chi connectivity index (χ3n) is 2.77. The molecule has 4 heteroatoms. The Morgan fingerprint density at radius 2 is 2.28 bits per heavy atom. The minimum absolute atomic E-state index is 0.131. The molecule has 0 saturated carbocycles. The van der Waals surface area contributed by atoms with Gasteiger partial charge in [0, 0.05) is 11.8 Å². The normalized spacial score (nSPS) is 11.8. The van der Waals surface area contributed by atoms with Crippen LogP contribution in [0.5, 0.6) is 0 Å². The number of Topliss-reactive ketones (excluding diaryl/α,β-unsaturated/α-hetero) is 1. The third kappa shape index (κ3) is 1.98. The van der Waals surface area contributed by atoms with Crippen LogP contribution in [0.3, 0.4) is 0 Å². The average molecular weight is 240 g/mol. The smallest absolute Gasteiger partial charge is 0.157 e. The molecular formula is C14H12N2O2. The van der Waals surface area contributed by atoms with Crippen LogP contribution in [0.15, 0.2) is 53.3 Å². The van der Waals surface area contributed by atoms with E-state index in [-0.39, 0.29) is 5.78 Å². The highest BCUT2D eigenvalue weighted by Gasteiger charge is 2.24. The lowest BCUT2D eigenvalue weighted by molar-refractivity contribution is -0.114. The van der Waals surface area contributed by atoms with Crippen LogP contribution in [-0.2, 0) is 4.79 Å². The Bertz CT molecular complexity index is 615. The van der Waals surface area contributed by atoms with Crippen molar-refractivity contribution in [1.82, 2.24) is 4.57 Å². The summed E-state index contributed by atoms with van der Waals surface area (Å²) in [7, 11) is 0. The average Bonchev–Trinajstić information content (AvgIpc) is 3.00. The van der Waals surface area contributed by atoms with Crippen LogP contribution >= 0.6 is 0 Å². The maximum absolute atomic E-state index is 11.5. The van der Waals surface area contributed by atoms with Gasteiger partial charge in [-0.15, -0.1) is 0 Å². The van der Waals surface area contributed by atoms with Crippen molar-refractivity contribution in [3.05, 3.63) is 60.3 Å². The van der Waals surface area contributed by atoms with Crippen LogP contribution in [0.4, 0.5) is 0 Å². The van der Waals surface area contributed by atoms with Crippen LogP contribution < -0.4 is 0 Å². The summed E-state index contributed by atoms with van der Waals surface area (Å²) in [4.78, 5) is 11.5. The molecule has 2 aromatic rings. The lowest BCUT2D eigenvalue weighted by atomic mass is 10.0. The van der Waals surface area contributed by atoms with Gasteiger partial charge in [0.05, 0.1) is 6.26 Å². The highest BCUT2D eigenvalue weighted by atomic mass is 16.3. The zero-order chi connectivity index (χ0) is 13.1. The van der Waals surface area contributed by atoms with E-state index < -0.39 is 6.04 Å². The maximum Gasteiger partial charge on any atom is 0.157 e. The van der Waals surface area contributed by atoms with E-state index in [0.717, 1.165) is 0 Å². The Labute approximate surface area is 105 Å². The summed E-state index contributed by atoms with van der Waals surface area (Å²) in [6, 6.07) is 8.55. The van der Waals surface area contributed by atoms with E-state index in [4.69, 9.17) is 9.68 Å². The van der Waals surface area contributed by atoms with Crippen molar-refractivity contribution >= 4 is 5.78 Å². The van der Waals surface area contributed by atoms with Crippen molar-refractivity contribution in [3.63, 3.8) is 0 Å². The van der Waals surface area contributed by atoms with Gasteiger partial charge < -0.3 is 8.98 Å². The fourth-order valence-corrected chi connectivity index (χ4v) is 1.83. The number of rotatable bonds is 4. The number of aromatic nitrogens is 1. The number of hydrogen-bond acceptors (Lipinski definition) is 3. The predicted molar refractivity (Wildman–Crippen MR) is 65.8 cm³/mol. The molecule has 0 radical (unpaired) electrons. The van der Waals surface area contributed by atoms with Gasteiger partial charge in [-0.1, -0.05) is 6.58 Å². The summed E-state index contributed by atoms with van der Waals surface area (Å²) in [5.41, 5.74) is 0.844. The first-order valence-electron chi connectivity index (χ1n) is 5.45. The number of nitriles is 1. The lowest BCUT2D eigenvalue weighted by Gasteiger charge is -2.18. The minimum Gasteiger partial charge on any atom is -0.467 e. The van der Waals surface area contributed by atoms with Crippen molar-refractivity contribution in [3.8, 4) is 6.07 Å². The Kier molecular flexibility index (Phi) is 3.16. The standard InChI is InChI=1S/C14H12N2O2/c1-10(11(2)17)14(13-6-4-8-18-13)16-7-3-5-12(16)9-15/h3-8,14H,1H2,2H3/t14-/m0/s1. The van der Waals surface area contributed by atoms with Crippen LogP contribution in [-0.4, -0.2) is 10.4 Å². The molecule has 0 spiro atoms.